The molecule has 1 atom stereocenters. The van der Waals surface area contributed by atoms with Crippen molar-refractivity contribution in [2.75, 3.05) is 14.2 Å². The van der Waals surface area contributed by atoms with Gasteiger partial charge in [-0.15, -0.1) is 0 Å². The Labute approximate surface area is 136 Å². The van der Waals surface area contributed by atoms with Crippen molar-refractivity contribution in [1.29, 1.82) is 0 Å². The quantitative estimate of drug-likeness (QED) is 0.647. The lowest BCUT2D eigenvalue weighted by atomic mass is 10.0. The number of ether oxygens (including phenoxy) is 2. The molecule has 0 aliphatic heterocycles. The van der Waals surface area contributed by atoms with Crippen molar-refractivity contribution in [3.63, 3.8) is 0 Å². The van der Waals surface area contributed by atoms with E-state index in [9.17, 15) is 0 Å². The fourth-order valence-electron chi connectivity index (χ4n) is 2.12. The highest BCUT2D eigenvalue weighted by Crippen LogP contribution is 2.37. The molecule has 2 rings (SSSR count). The Morgan fingerprint density at radius 3 is 2.40 bits per heavy atom. The molecule has 0 saturated carbocycles. The average molecular weight is 400 g/mol. The summed E-state index contributed by atoms with van der Waals surface area (Å²) in [5.41, 5.74) is 2.28. The molecule has 20 heavy (non-hydrogen) atoms. The minimum absolute atomic E-state index is 0.159. The summed E-state index contributed by atoms with van der Waals surface area (Å²) in [7, 11) is 3.39. The molecule has 0 spiro atoms. The SMILES string of the molecule is COc1ccccc1CC(Br)c1cc(Br)ccc1OC. The van der Waals surface area contributed by atoms with Crippen molar-refractivity contribution in [1.82, 2.24) is 0 Å². The molecule has 0 bridgehead atoms. The Morgan fingerprint density at radius 1 is 1.00 bits per heavy atom. The molecule has 0 fully saturated rings. The normalized spacial score (nSPS) is 12.0. The van der Waals surface area contributed by atoms with Crippen molar-refractivity contribution < 1.29 is 9.47 Å². The van der Waals surface area contributed by atoms with Gasteiger partial charge in [-0.1, -0.05) is 50.1 Å². The molecule has 0 heterocycles. The second kappa shape index (κ2) is 7.14. The molecule has 0 N–H and O–H groups in total. The minimum atomic E-state index is 0.159. The number of halogens is 2. The van der Waals surface area contributed by atoms with E-state index in [1.54, 1.807) is 14.2 Å². The standard InChI is InChI=1S/C16H16Br2O2/c1-19-15-6-4-3-5-11(15)9-14(18)13-10-12(17)7-8-16(13)20-2/h3-8,10,14H,9H2,1-2H3. The first-order valence-electron chi connectivity index (χ1n) is 6.25. The molecule has 0 aromatic heterocycles. The zero-order chi connectivity index (χ0) is 14.5. The van der Waals surface area contributed by atoms with Gasteiger partial charge in [0.15, 0.2) is 0 Å². The average Bonchev–Trinajstić information content (AvgIpc) is 2.47. The van der Waals surface area contributed by atoms with Crippen molar-refractivity contribution >= 4 is 31.9 Å². The topological polar surface area (TPSA) is 18.5 Å². The second-order valence-electron chi connectivity index (χ2n) is 4.37. The number of rotatable bonds is 5. The van der Waals surface area contributed by atoms with Gasteiger partial charge in [-0.25, -0.2) is 0 Å². The van der Waals surface area contributed by atoms with E-state index in [0.29, 0.717) is 0 Å². The summed E-state index contributed by atoms with van der Waals surface area (Å²) in [6, 6.07) is 14.1. The molecule has 106 valence electrons. The number of methoxy groups -OCH3 is 2. The minimum Gasteiger partial charge on any atom is -0.496 e. The molecule has 2 aromatic rings. The van der Waals surface area contributed by atoms with Crippen molar-refractivity contribution in [3.8, 4) is 11.5 Å². The highest BCUT2D eigenvalue weighted by Gasteiger charge is 2.16. The summed E-state index contributed by atoms with van der Waals surface area (Å²) in [5.74, 6) is 1.79. The first kappa shape index (κ1) is 15.4. The predicted octanol–water partition coefficient (Wildman–Crippen LogP) is 5.15. The predicted molar refractivity (Wildman–Crippen MR) is 89.1 cm³/mol. The van der Waals surface area contributed by atoms with Gasteiger partial charge in [-0.05, 0) is 36.2 Å². The van der Waals surface area contributed by atoms with E-state index in [2.05, 4.69) is 44.0 Å². The number of para-hydroxylation sites is 1. The lowest BCUT2D eigenvalue weighted by Gasteiger charge is -2.16. The summed E-state index contributed by atoms with van der Waals surface area (Å²) in [4.78, 5) is 0.159. The number of hydrogen-bond donors (Lipinski definition) is 0. The third-order valence-electron chi connectivity index (χ3n) is 3.12. The maximum atomic E-state index is 5.43. The Bertz CT molecular complexity index is 584. The van der Waals surface area contributed by atoms with Crippen LogP contribution in [-0.2, 0) is 6.42 Å². The summed E-state index contributed by atoms with van der Waals surface area (Å²) >= 11 is 7.26. The first-order valence-corrected chi connectivity index (χ1v) is 7.96. The largest absolute Gasteiger partial charge is 0.496 e. The Morgan fingerprint density at radius 2 is 1.70 bits per heavy atom. The third-order valence-corrected chi connectivity index (χ3v) is 4.43. The molecule has 2 aromatic carbocycles. The molecular formula is C16H16Br2O2. The Hall–Kier alpha value is -1.00. The van der Waals surface area contributed by atoms with Crippen molar-refractivity contribution in [3.05, 3.63) is 58.1 Å². The van der Waals surface area contributed by atoms with Crippen LogP contribution in [0, 0.1) is 0 Å². The zero-order valence-corrected chi connectivity index (χ0v) is 14.6. The Balaban J connectivity index is 2.28. The number of hydrogen-bond acceptors (Lipinski definition) is 2. The molecule has 0 aliphatic carbocycles. The van der Waals surface area contributed by atoms with Crippen molar-refractivity contribution in [2.24, 2.45) is 0 Å². The van der Waals surface area contributed by atoms with E-state index in [1.165, 1.54) is 5.56 Å². The highest BCUT2D eigenvalue weighted by molar-refractivity contribution is 9.10. The van der Waals surface area contributed by atoms with Gasteiger partial charge < -0.3 is 9.47 Å². The summed E-state index contributed by atoms with van der Waals surface area (Å²) in [6.45, 7) is 0. The van der Waals surface area contributed by atoms with Gasteiger partial charge in [0.1, 0.15) is 11.5 Å². The second-order valence-corrected chi connectivity index (χ2v) is 6.39. The van der Waals surface area contributed by atoms with Gasteiger partial charge >= 0.3 is 0 Å². The van der Waals surface area contributed by atoms with Gasteiger partial charge in [0.2, 0.25) is 0 Å². The van der Waals surface area contributed by atoms with Crippen LogP contribution >= 0.6 is 31.9 Å². The van der Waals surface area contributed by atoms with Crippen LogP contribution in [0.25, 0.3) is 0 Å². The molecule has 4 heteroatoms. The number of alkyl halides is 1. The third kappa shape index (κ3) is 3.55. The lowest BCUT2D eigenvalue weighted by Crippen LogP contribution is -2.00. The number of benzene rings is 2. The molecular weight excluding hydrogens is 384 g/mol. The van der Waals surface area contributed by atoms with Crippen LogP contribution in [-0.4, -0.2) is 14.2 Å². The summed E-state index contributed by atoms with van der Waals surface area (Å²) < 4.78 is 11.9. The molecule has 0 aliphatic rings. The zero-order valence-electron chi connectivity index (χ0n) is 11.4. The van der Waals surface area contributed by atoms with Crippen LogP contribution in [0.5, 0.6) is 11.5 Å². The van der Waals surface area contributed by atoms with E-state index < -0.39 is 0 Å². The molecule has 0 amide bonds. The fourth-order valence-corrected chi connectivity index (χ4v) is 3.21. The first-order chi connectivity index (χ1) is 9.65. The maximum absolute atomic E-state index is 5.43. The summed E-state index contributed by atoms with van der Waals surface area (Å²) in [5, 5.41) is 0. The van der Waals surface area contributed by atoms with Gasteiger partial charge in [0.05, 0.1) is 14.2 Å². The molecule has 0 saturated heterocycles. The van der Waals surface area contributed by atoms with Gasteiger partial charge in [0, 0.05) is 14.9 Å². The van der Waals surface area contributed by atoms with Crippen LogP contribution in [0.1, 0.15) is 16.0 Å². The van der Waals surface area contributed by atoms with Crippen LogP contribution in [0.15, 0.2) is 46.9 Å². The van der Waals surface area contributed by atoms with Crippen molar-refractivity contribution in [2.45, 2.75) is 11.2 Å². The van der Waals surface area contributed by atoms with Gasteiger partial charge in [-0.2, -0.15) is 0 Å². The monoisotopic (exact) mass is 398 g/mol. The molecule has 1 unspecified atom stereocenters. The van der Waals surface area contributed by atoms with Gasteiger partial charge in [0.25, 0.3) is 0 Å². The highest BCUT2D eigenvalue weighted by atomic mass is 79.9. The van der Waals surface area contributed by atoms with Crippen LogP contribution in [0.3, 0.4) is 0 Å². The van der Waals surface area contributed by atoms with E-state index in [4.69, 9.17) is 9.47 Å². The molecule has 2 nitrogen and oxygen atoms in total. The lowest BCUT2D eigenvalue weighted by molar-refractivity contribution is 0.405. The van der Waals surface area contributed by atoms with E-state index in [-0.39, 0.29) is 4.83 Å². The summed E-state index contributed by atoms with van der Waals surface area (Å²) in [6.07, 6.45) is 0.830. The van der Waals surface area contributed by atoms with Crippen LogP contribution in [0.4, 0.5) is 0 Å². The van der Waals surface area contributed by atoms with Crippen LogP contribution in [0.2, 0.25) is 0 Å². The van der Waals surface area contributed by atoms with E-state index >= 15 is 0 Å². The van der Waals surface area contributed by atoms with Crippen LogP contribution < -0.4 is 9.47 Å². The van der Waals surface area contributed by atoms with E-state index in [0.717, 1.165) is 28.0 Å². The smallest absolute Gasteiger partial charge is 0.123 e. The fraction of sp³-hybridized carbons (Fsp3) is 0.250. The van der Waals surface area contributed by atoms with Gasteiger partial charge in [-0.3, -0.25) is 0 Å². The maximum Gasteiger partial charge on any atom is 0.123 e. The van der Waals surface area contributed by atoms with E-state index in [1.807, 2.05) is 30.3 Å². The molecule has 0 radical (unpaired) electrons. The Kier molecular flexibility index (Phi) is 5.49.